The SMILES string of the molecule is CNCCn1cnc(C2CCC2)n1. The van der Waals surface area contributed by atoms with Gasteiger partial charge in [0.2, 0.25) is 0 Å². The average molecular weight is 180 g/mol. The second kappa shape index (κ2) is 3.87. The summed E-state index contributed by atoms with van der Waals surface area (Å²) in [5.74, 6) is 1.69. The first-order chi connectivity index (χ1) is 6.40. The number of likely N-dealkylation sites (N-methyl/N-ethyl adjacent to an activating group) is 1. The van der Waals surface area contributed by atoms with E-state index in [1.54, 1.807) is 0 Å². The van der Waals surface area contributed by atoms with Crippen molar-refractivity contribution >= 4 is 0 Å². The van der Waals surface area contributed by atoms with Gasteiger partial charge in [0, 0.05) is 12.5 Å². The molecule has 0 amide bonds. The Morgan fingerprint density at radius 1 is 1.62 bits per heavy atom. The number of hydrogen-bond donors (Lipinski definition) is 1. The molecule has 1 aromatic rings. The van der Waals surface area contributed by atoms with Crippen molar-refractivity contribution in [2.24, 2.45) is 0 Å². The summed E-state index contributed by atoms with van der Waals surface area (Å²) < 4.78 is 1.92. The molecule has 0 saturated heterocycles. The molecule has 0 radical (unpaired) electrons. The van der Waals surface area contributed by atoms with Gasteiger partial charge in [0.25, 0.3) is 0 Å². The third-order valence-electron chi connectivity index (χ3n) is 2.62. The fourth-order valence-electron chi connectivity index (χ4n) is 1.50. The summed E-state index contributed by atoms with van der Waals surface area (Å²) in [5.41, 5.74) is 0. The lowest BCUT2D eigenvalue weighted by Crippen LogP contribution is -2.16. The fourth-order valence-corrected chi connectivity index (χ4v) is 1.50. The summed E-state index contributed by atoms with van der Waals surface area (Å²) >= 11 is 0. The first kappa shape index (κ1) is 8.69. The Morgan fingerprint density at radius 3 is 3.08 bits per heavy atom. The molecular weight excluding hydrogens is 164 g/mol. The molecule has 0 atom stereocenters. The van der Waals surface area contributed by atoms with E-state index in [1.807, 2.05) is 18.1 Å². The maximum absolute atomic E-state index is 4.44. The Balaban J connectivity index is 1.92. The van der Waals surface area contributed by atoms with Crippen molar-refractivity contribution in [3.8, 4) is 0 Å². The van der Waals surface area contributed by atoms with Gasteiger partial charge in [-0.05, 0) is 19.9 Å². The van der Waals surface area contributed by atoms with Crippen molar-refractivity contribution in [1.82, 2.24) is 20.1 Å². The van der Waals surface area contributed by atoms with Crippen molar-refractivity contribution in [2.45, 2.75) is 31.7 Å². The standard InChI is InChI=1S/C9H16N4/c1-10-5-6-13-7-11-9(12-13)8-3-2-4-8/h7-8,10H,2-6H2,1H3. The molecule has 1 fully saturated rings. The van der Waals surface area contributed by atoms with E-state index < -0.39 is 0 Å². The highest BCUT2D eigenvalue weighted by Gasteiger charge is 2.22. The molecule has 0 aliphatic heterocycles. The predicted molar refractivity (Wildman–Crippen MR) is 50.5 cm³/mol. The van der Waals surface area contributed by atoms with Crippen LogP contribution in [0.5, 0.6) is 0 Å². The Labute approximate surface area is 78.4 Å². The Morgan fingerprint density at radius 2 is 2.46 bits per heavy atom. The molecule has 1 saturated carbocycles. The van der Waals surface area contributed by atoms with E-state index in [1.165, 1.54) is 19.3 Å². The highest BCUT2D eigenvalue weighted by Crippen LogP contribution is 2.33. The molecular formula is C9H16N4. The summed E-state index contributed by atoms with van der Waals surface area (Å²) in [6, 6.07) is 0. The van der Waals surface area contributed by atoms with Crippen LogP contribution in [0.25, 0.3) is 0 Å². The summed E-state index contributed by atoms with van der Waals surface area (Å²) in [6.07, 6.45) is 5.73. The molecule has 0 bridgehead atoms. The van der Waals surface area contributed by atoms with Gasteiger partial charge >= 0.3 is 0 Å². The minimum Gasteiger partial charge on any atom is -0.318 e. The van der Waals surface area contributed by atoms with E-state index in [-0.39, 0.29) is 0 Å². The van der Waals surface area contributed by atoms with Gasteiger partial charge < -0.3 is 5.32 Å². The lowest BCUT2D eigenvalue weighted by Gasteiger charge is -2.21. The molecule has 0 spiro atoms. The van der Waals surface area contributed by atoms with Gasteiger partial charge in [-0.15, -0.1) is 0 Å². The summed E-state index contributed by atoms with van der Waals surface area (Å²) in [6.45, 7) is 1.86. The van der Waals surface area contributed by atoms with E-state index in [0.717, 1.165) is 18.9 Å². The van der Waals surface area contributed by atoms with Gasteiger partial charge in [0.05, 0.1) is 6.54 Å². The zero-order valence-corrected chi connectivity index (χ0v) is 8.03. The lowest BCUT2D eigenvalue weighted by molar-refractivity contribution is 0.398. The number of nitrogens with one attached hydrogen (secondary N) is 1. The third-order valence-corrected chi connectivity index (χ3v) is 2.62. The molecule has 72 valence electrons. The van der Waals surface area contributed by atoms with E-state index in [2.05, 4.69) is 15.4 Å². The monoisotopic (exact) mass is 180 g/mol. The summed E-state index contributed by atoms with van der Waals surface area (Å²) in [5, 5.41) is 7.53. The van der Waals surface area contributed by atoms with Crippen molar-refractivity contribution in [2.75, 3.05) is 13.6 Å². The Kier molecular flexibility index (Phi) is 2.59. The third kappa shape index (κ3) is 1.88. The molecule has 4 nitrogen and oxygen atoms in total. The summed E-state index contributed by atoms with van der Waals surface area (Å²) in [7, 11) is 1.95. The van der Waals surface area contributed by atoms with E-state index in [9.17, 15) is 0 Å². The molecule has 1 aliphatic rings. The van der Waals surface area contributed by atoms with Crippen molar-refractivity contribution in [3.05, 3.63) is 12.2 Å². The van der Waals surface area contributed by atoms with Gasteiger partial charge in [-0.25, -0.2) is 4.98 Å². The van der Waals surface area contributed by atoms with Gasteiger partial charge in [-0.2, -0.15) is 5.10 Å². The molecule has 4 heteroatoms. The van der Waals surface area contributed by atoms with Crippen LogP contribution in [0.15, 0.2) is 6.33 Å². The first-order valence-corrected chi connectivity index (χ1v) is 4.94. The maximum Gasteiger partial charge on any atom is 0.153 e. The van der Waals surface area contributed by atoms with Crippen LogP contribution in [0.4, 0.5) is 0 Å². The fraction of sp³-hybridized carbons (Fsp3) is 0.778. The van der Waals surface area contributed by atoms with E-state index in [4.69, 9.17) is 0 Å². The second-order valence-electron chi connectivity index (χ2n) is 3.60. The second-order valence-corrected chi connectivity index (χ2v) is 3.60. The number of hydrogen-bond acceptors (Lipinski definition) is 3. The lowest BCUT2D eigenvalue weighted by atomic mass is 9.85. The molecule has 1 N–H and O–H groups in total. The topological polar surface area (TPSA) is 42.7 Å². The van der Waals surface area contributed by atoms with Gasteiger partial charge in [-0.3, -0.25) is 4.68 Å². The van der Waals surface area contributed by atoms with Crippen LogP contribution in [0.1, 0.15) is 31.0 Å². The minimum atomic E-state index is 0.649. The molecule has 0 aromatic carbocycles. The van der Waals surface area contributed by atoms with Gasteiger partial charge in [0.15, 0.2) is 5.82 Å². The zero-order chi connectivity index (χ0) is 9.10. The van der Waals surface area contributed by atoms with Crippen LogP contribution in [0.2, 0.25) is 0 Å². The summed E-state index contributed by atoms with van der Waals surface area (Å²) in [4.78, 5) is 4.32. The van der Waals surface area contributed by atoms with Crippen LogP contribution >= 0.6 is 0 Å². The van der Waals surface area contributed by atoms with Gasteiger partial charge in [0.1, 0.15) is 6.33 Å². The van der Waals surface area contributed by atoms with Gasteiger partial charge in [-0.1, -0.05) is 6.42 Å². The van der Waals surface area contributed by atoms with Crippen LogP contribution in [-0.2, 0) is 6.54 Å². The highest BCUT2D eigenvalue weighted by atomic mass is 15.3. The Bertz CT molecular complexity index is 264. The van der Waals surface area contributed by atoms with Crippen LogP contribution in [0, 0.1) is 0 Å². The molecule has 2 rings (SSSR count). The first-order valence-electron chi connectivity index (χ1n) is 4.94. The predicted octanol–water partition coefficient (Wildman–Crippen LogP) is 0.765. The van der Waals surface area contributed by atoms with Crippen LogP contribution < -0.4 is 5.32 Å². The highest BCUT2D eigenvalue weighted by molar-refractivity contribution is 4.98. The van der Waals surface area contributed by atoms with Crippen LogP contribution in [0.3, 0.4) is 0 Å². The molecule has 13 heavy (non-hydrogen) atoms. The van der Waals surface area contributed by atoms with E-state index >= 15 is 0 Å². The number of nitrogens with zero attached hydrogens (tertiary/aromatic N) is 3. The number of aromatic nitrogens is 3. The minimum absolute atomic E-state index is 0.649. The maximum atomic E-state index is 4.44. The number of rotatable bonds is 4. The molecule has 0 unspecified atom stereocenters. The average Bonchev–Trinajstić information content (AvgIpc) is 2.46. The van der Waals surface area contributed by atoms with E-state index in [0.29, 0.717) is 5.92 Å². The quantitative estimate of drug-likeness (QED) is 0.744. The smallest absolute Gasteiger partial charge is 0.153 e. The largest absolute Gasteiger partial charge is 0.318 e. The Hall–Kier alpha value is -0.900. The molecule has 1 aliphatic carbocycles. The van der Waals surface area contributed by atoms with Crippen molar-refractivity contribution < 1.29 is 0 Å². The zero-order valence-electron chi connectivity index (χ0n) is 8.03. The van der Waals surface area contributed by atoms with Crippen molar-refractivity contribution in [1.29, 1.82) is 0 Å². The molecule has 1 heterocycles. The normalized spacial score (nSPS) is 17.3. The van der Waals surface area contributed by atoms with Crippen molar-refractivity contribution in [3.63, 3.8) is 0 Å². The molecule has 1 aromatic heterocycles. The van der Waals surface area contributed by atoms with Crippen LogP contribution in [-0.4, -0.2) is 28.4 Å².